The van der Waals surface area contributed by atoms with Gasteiger partial charge in [0.05, 0.1) is 11.0 Å². The molecule has 1 atom stereocenters. The quantitative estimate of drug-likeness (QED) is 0.628. The van der Waals surface area contributed by atoms with Crippen molar-refractivity contribution in [3.63, 3.8) is 0 Å². The summed E-state index contributed by atoms with van der Waals surface area (Å²) in [4.78, 5) is 14.9. The zero-order chi connectivity index (χ0) is 9.42. The van der Waals surface area contributed by atoms with Crippen LogP contribution in [0, 0.1) is 5.92 Å². The summed E-state index contributed by atoms with van der Waals surface area (Å²) in [7, 11) is 0. The molecule has 0 bridgehead atoms. The largest absolute Gasteiger partial charge is 0.399 e. The number of rotatable bonds is 0. The topological polar surface area (TPSA) is 55.5 Å². The van der Waals surface area contributed by atoms with Crippen LogP contribution in [0.1, 0.15) is 0 Å². The van der Waals surface area contributed by atoms with Crippen LogP contribution in [0.2, 0.25) is 0 Å². The Hall–Kier alpha value is -1.35. The van der Waals surface area contributed by atoms with Crippen LogP contribution in [0.5, 0.6) is 0 Å². The first kappa shape index (κ1) is 8.26. The van der Waals surface area contributed by atoms with E-state index < -0.39 is 0 Å². The summed E-state index contributed by atoms with van der Waals surface area (Å²) in [6.07, 6.45) is 6.51. The van der Waals surface area contributed by atoms with Gasteiger partial charge in [-0.1, -0.05) is 17.7 Å². The minimum Gasteiger partial charge on any atom is -0.399 e. The molecule has 0 saturated carbocycles. The third-order valence-corrected chi connectivity index (χ3v) is 2.31. The van der Waals surface area contributed by atoms with Crippen LogP contribution in [-0.2, 0) is 4.79 Å². The van der Waals surface area contributed by atoms with Crippen LogP contribution < -0.4 is 5.73 Å². The molecule has 1 amide bonds. The number of amides is 1. The van der Waals surface area contributed by atoms with Gasteiger partial charge in [0.1, 0.15) is 0 Å². The van der Waals surface area contributed by atoms with Gasteiger partial charge in [-0.2, -0.15) is 0 Å². The molecule has 0 spiro atoms. The number of hydrogen-bond donors (Lipinski definition) is 1. The minimum absolute atomic E-state index is 0.216. The van der Waals surface area contributed by atoms with Crippen LogP contribution in [0.3, 0.4) is 0 Å². The van der Waals surface area contributed by atoms with Crippen molar-refractivity contribution in [3.8, 4) is 0 Å². The Bertz CT molecular complexity index is 390. The fourth-order valence-electron chi connectivity index (χ4n) is 1.34. The van der Waals surface area contributed by atoms with Gasteiger partial charge < -0.3 is 5.73 Å². The van der Waals surface area contributed by atoms with E-state index >= 15 is 0 Å². The number of nitrogens with two attached hydrogens (primary N) is 1. The van der Waals surface area contributed by atoms with Crippen molar-refractivity contribution in [1.82, 2.24) is 0 Å². The summed E-state index contributed by atoms with van der Waals surface area (Å²) in [5.41, 5.74) is 6.90. The predicted octanol–water partition coefficient (Wildman–Crippen LogP) is 1.12. The Morgan fingerprint density at radius 2 is 2.23 bits per heavy atom. The van der Waals surface area contributed by atoms with Gasteiger partial charge in [-0.05, 0) is 17.7 Å². The van der Waals surface area contributed by atoms with Gasteiger partial charge in [-0.25, -0.2) is 4.99 Å². The van der Waals surface area contributed by atoms with Crippen LogP contribution in [0.15, 0.2) is 39.5 Å². The highest BCUT2D eigenvalue weighted by Gasteiger charge is 2.26. The highest BCUT2D eigenvalue weighted by atomic mass is 35.5. The fraction of sp³-hybridized carbons (Fsp3) is 0.111. The Morgan fingerprint density at radius 3 is 3.00 bits per heavy atom. The molecule has 0 saturated heterocycles. The summed E-state index contributed by atoms with van der Waals surface area (Å²) >= 11 is 5.86. The standard InChI is InChI=1S/C9H7ClN2O/c10-8-4-12-9(13)7-3-5(11)1-2-6(7)8/h1-4,7H,11H2. The first-order valence-corrected chi connectivity index (χ1v) is 4.19. The molecule has 0 aromatic carbocycles. The maximum atomic E-state index is 11.3. The Morgan fingerprint density at radius 1 is 1.46 bits per heavy atom. The molecule has 66 valence electrons. The number of hydrogen-bond acceptors (Lipinski definition) is 2. The van der Waals surface area contributed by atoms with Crippen molar-refractivity contribution in [1.29, 1.82) is 0 Å². The van der Waals surface area contributed by atoms with E-state index in [0.717, 1.165) is 5.57 Å². The van der Waals surface area contributed by atoms with Crippen molar-refractivity contribution in [2.45, 2.75) is 0 Å². The first-order valence-electron chi connectivity index (χ1n) is 3.81. The lowest BCUT2D eigenvalue weighted by atomic mass is 9.91. The molecule has 1 heterocycles. The number of carbonyl (C=O) groups excluding carboxylic acids is 1. The number of dihydropyridines is 1. The molecule has 2 aliphatic rings. The third-order valence-electron chi connectivity index (χ3n) is 2.00. The summed E-state index contributed by atoms with van der Waals surface area (Å²) in [5, 5.41) is 0.504. The first-order chi connectivity index (χ1) is 6.18. The molecule has 0 aromatic heterocycles. The van der Waals surface area contributed by atoms with Crippen molar-refractivity contribution in [2.75, 3.05) is 0 Å². The summed E-state index contributed by atoms with van der Waals surface area (Å²) in [6, 6.07) is 0. The van der Waals surface area contributed by atoms with Gasteiger partial charge in [0.2, 0.25) is 0 Å². The maximum absolute atomic E-state index is 11.3. The summed E-state index contributed by atoms with van der Waals surface area (Å²) in [5.74, 6) is -0.603. The molecule has 1 aliphatic heterocycles. The number of nitrogens with zero attached hydrogens (tertiary/aromatic N) is 1. The molecule has 2 N–H and O–H groups in total. The van der Waals surface area contributed by atoms with Gasteiger partial charge in [0.25, 0.3) is 5.91 Å². The van der Waals surface area contributed by atoms with Gasteiger partial charge >= 0.3 is 0 Å². The Balaban J connectivity index is 2.50. The zero-order valence-corrected chi connectivity index (χ0v) is 7.45. The average molecular weight is 195 g/mol. The second-order valence-corrected chi connectivity index (χ2v) is 3.28. The van der Waals surface area contributed by atoms with E-state index in [1.807, 2.05) is 0 Å². The van der Waals surface area contributed by atoms with E-state index in [0.29, 0.717) is 10.7 Å². The lowest BCUT2D eigenvalue weighted by Crippen LogP contribution is -2.20. The van der Waals surface area contributed by atoms with E-state index in [1.165, 1.54) is 6.21 Å². The molecule has 13 heavy (non-hydrogen) atoms. The molecule has 1 unspecified atom stereocenters. The highest BCUT2D eigenvalue weighted by Crippen LogP contribution is 2.28. The minimum atomic E-state index is -0.387. The monoisotopic (exact) mass is 194 g/mol. The van der Waals surface area contributed by atoms with Crippen molar-refractivity contribution in [3.05, 3.63) is 34.5 Å². The normalized spacial score (nSPS) is 26.1. The number of halogens is 1. The van der Waals surface area contributed by atoms with Gasteiger partial charge in [-0.15, -0.1) is 0 Å². The van der Waals surface area contributed by atoms with E-state index in [2.05, 4.69) is 4.99 Å². The number of carbonyl (C=O) groups is 1. The van der Waals surface area contributed by atoms with E-state index in [9.17, 15) is 4.79 Å². The highest BCUT2D eigenvalue weighted by molar-refractivity contribution is 6.41. The second-order valence-electron chi connectivity index (χ2n) is 2.88. The molecular formula is C9H7ClN2O. The van der Waals surface area contributed by atoms with Crippen LogP contribution >= 0.6 is 11.6 Å². The zero-order valence-electron chi connectivity index (χ0n) is 6.70. The second kappa shape index (κ2) is 2.85. The van der Waals surface area contributed by atoms with Crippen LogP contribution in [0.4, 0.5) is 0 Å². The van der Waals surface area contributed by atoms with E-state index in [-0.39, 0.29) is 11.8 Å². The predicted molar refractivity (Wildman–Crippen MR) is 51.3 cm³/mol. The number of aliphatic imine (C=N–C) groups is 1. The van der Waals surface area contributed by atoms with Gasteiger partial charge in [0.15, 0.2) is 0 Å². The molecule has 3 nitrogen and oxygen atoms in total. The Kier molecular flexibility index (Phi) is 1.81. The molecule has 1 aliphatic carbocycles. The van der Waals surface area contributed by atoms with Crippen molar-refractivity contribution >= 4 is 23.7 Å². The Labute approximate surface area is 80.3 Å². The van der Waals surface area contributed by atoms with Crippen molar-refractivity contribution in [2.24, 2.45) is 16.6 Å². The van der Waals surface area contributed by atoms with Crippen LogP contribution in [0.25, 0.3) is 0 Å². The van der Waals surface area contributed by atoms with Crippen molar-refractivity contribution < 1.29 is 4.79 Å². The SMILES string of the molecule is NC1=CC2C(=O)N=CC(Cl)=C2C=C1. The molecule has 4 heteroatoms. The van der Waals surface area contributed by atoms with Gasteiger partial charge in [-0.3, -0.25) is 4.79 Å². The lowest BCUT2D eigenvalue weighted by Gasteiger charge is -2.18. The average Bonchev–Trinajstić information content (AvgIpc) is 2.12. The molecular weight excluding hydrogens is 188 g/mol. The third kappa shape index (κ3) is 1.31. The lowest BCUT2D eigenvalue weighted by molar-refractivity contribution is -0.119. The van der Waals surface area contributed by atoms with Crippen LogP contribution in [-0.4, -0.2) is 12.1 Å². The smallest absolute Gasteiger partial charge is 0.257 e. The van der Waals surface area contributed by atoms with E-state index in [4.69, 9.17) is 17.3 Å². The van der Waals surface area contributed by atoms with E-state index in [1.54, 1.807) is 18.2 Å². The van der Waals surface area contributed by atoms with Gasteiger partial charge in [0, 0.05) is 11.9 Å². The molecule has 0 aromatic rings. The molecule has 0 fully saturated rings. The number of fused-ring (bicyclic) bond motifs is 1. The molecule has 2 rings (SSSR count). The summed E-state index contributed by atoms with van der Waals surface area (Å²) < 4.78 is 0. The molecule has 0 radical (unpaired) electrons. The number of allylic oxidation sites excluding steroid dienone is 3. The fourth-order valence-corrected chi connectivity index (χ4v) is 1.56. The maximum Gasteiger partial charge on any atom is 0.257 e. The summed E-state index contributed by atoms with van der Waals surface area (Å²) in [6.45, 7) is 0.